The molecule has 1 fully saturated rings. The first-order chi connectivity index (χ1) is 11.9. The predicted octanol–water partition coefficient (Wildman–Crippen LogP) is 9.18. The van der Waals surface area contributed by atoms with E-state index in [1.807, 2.05) is 8.85 Å². The first-order valence-electron chi connectivity index (χ1n) is 10.9. The average molecular weight is 492 g/mol. The minimum atomic E-state index is -2.99. The van der Waals surface area contributed by atoms with Crippen molar-refractivity contribution in [3.8, 4) is 0 Å². The third kappa shape index (κ3) is 4.46. The summed E-state index contributed by atoms with van der Waals surface area (Å²) in [7, 11) is 0. The van der Waals surface area contributed by atoms with Crippen LogP contribution in [0.5, 0.6) is 0 Å². The Morgan fingerprint density at radius 3 is 2.33 bits per heavy atom. The third-order valence-corrected chi connectivity index (χ3v) is 26.0. The first-order valence-corrected chi connectivity index (χ1v) is 20.2. The summed E-state index contributed by atoms with van der Waals surface area (Å²) in [6.45, 7) is 7.12. The van der Waals surface area contributed by atoms with Gasteiger partial charge in [-0.1, -0.05) is 0 Å². The van der Waals surface area contributed by atoms with Gasteiger partial charge in [0.1, 0.15) is 0 Å². The molecule has 3 aliphatic rings. The summed E-state index contributed by atoms with van der Waals surface area (Å²) in [5.74, 6) is 0.751. The standard InChI is InChI=1S/C13H19.C5H5.C4H9.2CH3.2ClH.Zr/c1-3-13(4-2)9-8-11-6-5-7-12(11)10-13;1-2-4-5-3-1;1-3-4-2;;;;;/h7-11H,3-6H2,1-2H3;1-3H,4H2;1,3-4H2,2H3;2*1H3;2*1H;. The van der Waals surface area contributed by atoms with Crippen molar-refractivity contribution < 1.29 is 18.8 Å². The molecule has 0 radical (unpaired) electrons. The fourth-order valence-electron chi connectivity index (χ4n) is 6.06. The zero-order valence-electron chi connectivity index (χ0n) is 18.1. The Hall–Kier alpha value is 0.423. The topological polar surface area (TPSA) is 0 Å². The maximum Gasteiger partial charge on any atom is -0.147 e. The molecule has 0 aromatic heterocycles. The van der Waals surface area contributed by atoms with Gasteiger partial charge in [0.05, 0.1) is 0 Å². The molecule has 0 heterocycles. The normalized spacial score (nSPS) is 26.9. The molecule has 0 aliphatic heterocycles. The quantitative estimate of drug-likeness (QED) is 0.311. The van der Waals surface area contributed by atoms with E-state index >= 15 is 0 Å². The van der Waals surface area contributed by atoms with Gasteiger partial charge in [-0.25, -0.2) is 0 Å². The zero-order chi connectivity index (χ0) is 18.2. The molecule has 0 saturated heterocycles. The number of allylic oxidation sites excluding steroid dienone is 8. The molecule has 27 heavy (non-hydrogen) atoms. The Morgan fingerprint density at radius 1 is 1.07 bits per heavy atom. The van der Waals surface area contributed by atoms with E-state index in [4.69, 9.17) is 0 Å². The van der Waals surface area contributed by atoms with Crippen molar-refractivity contribution in [2.24, 2.45) is 11.3 Å². The summed E-state index contributed by atoms with van der Waals surface area (Å²) >= 11 is -2.99. The van der Waals surface area contributed by atoms with E-state index in [1.165, 1.54) is 49.1 Å². The largest absolute Gasteiger partial charge is 0.147 e. The fraction of sp³-hybridized carbons (Fsp3) is 0.667. The third-order valence-electron chi connectivity index (χ3n) is 8.27. The van der Waals surface area contributed by atoms with Crippen LogP contribution in [0.1, 0.15) is 65.7 Å². The van der Waals surface area contributed by atoms with Gasteiger partial charge in [0.2, 0.25) is 0 Å². The molecular formula is C24H41Cl2Zr. The molecule has 3 rings (SSSR count). The molecule has 155 valence electrons. The van der Waals surface area contributed by atoms with Gasteiger partial charge in [-0.2, -0.15) is 0 Å². The van der Waals surface area contributed by atoms with Crippen LogP contribution in [0.15, 0.2) is 45.3 Å². The Labute approximate surface area is 182 Å². The summed E-state index contributed by atoms with van der Waals surface area (Å²) in [5, 5.41) is 0. The second kappa shape index (κ2) is 9.49. The van der Waals surface area contributed by atoms with Crippen LogP contribution in [0, 0.1) is 11.3 Å². The number of halogens is 2. The van der Waals surface area contributed by atoms with Gasteiger partial charge in [-0.05, 0) is 0 Å². The molecule has 1 saturated carbocycles. The van der Waals surface area contributed by atoms with E-state index in [-0.39, 0.29) is 24.8 Å². The van der Waals surface area contributed by atoms with Gasteiger partial charge in [-0.3, -0.25) is 0 Å². The van der Waals surface area contributed by atoms with Crippen molar-refractivity contribution in [3.05, 3.63) is 45.3 Å². The van der Waals surface area contributed by atoms with Crippen molar-refractivity contribution in [2.45, 2.75) is 82.7 Å². The summed E-state index contributed by atoms with van der Waals surface area (Å²) in [5.41, 5.74) is 2.20. The van der Waals surface area contributed by atoms with Gasteiger partial charge in [-0.15, -0.1) is 24.8 Å². The molecule has 0 aromatic rings. The van der Waals surface area contributed by atoms with Crippen molar-refractivity contribution in [1.29, 1.82) is 0 Å². The smallest absolute Gasteiger partial charge is 0.147 e. The summed E-state index contributed by atoms with van der Waals surface area (Å²) in [6.07, 6.45) is 24.6. The van der Waals surface area contributed by atoms with Crippen LogP contribution in [0.25, 0.3) is 0 Å². The molecule has 0 spiro atoms. The molecule has 2 atom stereocenters. The van der Waals surface area contributed by atoms with Gasteiger partial charge in [0, 0.05) is 0 Å². The van der Waals surface area contributed by atoms with Crippen molar-refractivity contribution in [3.63, 3.8) is 0 Å². The molecule has 0 aromatic carbocycles. The van der Waals surface area contributed by atoms with E-state index in [1.54, 1.807) is 0 Å². The number of fused-ring (bicyclic) bond motifs is 1. The first kappa shape index (κ1) is 25.5. The maximum atomic E-state index is 2.81. The van der Waals surface area contributed by atoms with Crippen molar-refractivity contribution >= 4 is 24.8 Å². The summed E-state index contributed by atoms with van der Waals surface area (Å²) in [6, 6.07) is 0. The molecule has 3 aliphatic carbocycles. The van der Waals surface area contributed by atoms with E-state index in [0.717, 1.165) is 9.54 Å². The minimum absolute atomic E-state index is 0. The molecule has 0 nitrogen and oxygen atoms in total. The van der Waals surface area contributed by atoms with Gasteiger partial charge >= 0.3 is 158 Å². The van der Waals surface area contributed by atoms with E-state index in [2.05, 4.69) is 66.5 Å². The Balaban J connectivity index is 0.00000182. The zero-order valence-corrected chi connectivity index (χ0v) is 22.2. The second-order valence-corrected chi connectivity index (χ2v) is 28.3. The van der Waals surface area contributed by atoms with Gasteiger partial charge < -0.3 is 0 Å². The molecule has 0 N–H and O–H groups in total. The Morgan fingerprint density at radius 2 is 1.78 bits per heavy atom. The van der Waals surface area contributed by atoms with Gasteiger partial charge in [0.25, 0.3) is 0 Å². The average Bonchev–Trinajstić information content (AvgIpc) is 3.30. The molecule has 3 heteroatoms. The number of hydrogen-bond donors (Lipinski definition) is 0. The minimum Gasteiger partial charge on any atom is -0.147 e. The van der Waals surface area contributed by atoms with Crippen LogP contribution in [0.2, 0.25) is 17.0 Å². The molecule has 0 bridgehead atoms. The maximum absolute atomic E-state index is 2.99. The van der Waals surface area contributed by atoms with Crippen molar-refractivity contribution in [2.75, 3.05) is 0 Å². The molecule has 2 unspecified atom stereocenters. The fourth-order valence-corrected chi connectivity index (χ4v) is 21.9. The van der Waals surface area contributed by atoms with Crippen LogP contribution in [0.3, 0.4) is 0 Å². The van der Waals surface area contributed by atoms with Gasteiger partial charge in [0.15, 0.2) is 0 Å². The van der Waals surface area contributed by atoms with Crippen LogP contribution in [-0.4, -0.2) is 0 Å². The second-order valence-electron chi connectivity index (χ2n) is 9.92. The molecule has 0 amide bonds. The Kier molecular flexibility index (Phi) is 8.95. The number of rotatable bonds is 7. The summed E-state index contributed by atoms with van der Waals surface area (Å²) in [4.78, 5) is 0. The number of hydrogen-bond acceptors (Lipinski definition) is 0. The van der Waals surface area contributed by atoms with Crippen LogP contribution >= 0.6 is 24.8 Å². The number of unbranched alkanes of at least 4 members (excludes halogenated alkanes) is 1. The van der Waals surface area contributed by atoms with Crippen LogP contribution in [0.4, 0.5) is 0 Å². The Bertz CT molecular complexity index is 635. The monoisotopic (exact) mass is 489 g/mol. The van der Waals surface area contributed by atoms with E-state index < -0.39 is 18.8 Å². The van der Waals surface area contributed by atoms with Crippen molar-refractivity contribution in [1.82, 2.24) is 0 Å². The predicted molar refractivity (Wildman–Crippen MR) is 124 cm³/mol. The van der Waals surface area contributed by atoms with Crippen LogP contribution in [-0.2, 0) is 18.8 Å². The molecular weight excluding hydrogens is 450 g/mol. The SMILES string of the molecule is CCC[CH2][Zr]([CH3])([CH3])([C]1=CC=CC1)[CH]1CCC2C=CC(CC)(CC)C=C21.Cl.Cl. The summed E-state index contributed by atoms with van der Waals surface area (Å²) < 4.78 is 9.93. The van der Waals surface area contributed by atoms with E-state index in [9.17, 15) is 0 Å². The van der Waals surface area contributed by atoms with E-state index in [0.29, 0.717) is 5.41 Å². The van der Waals surface area contributed by atoms with Crippen LogP contribution < -0.4 is 0 Å².